The van der Waals surface area contributed by atoms with Crippen molar-refractivity contribution in [2.24, 2.45) is 17.8 Å². The van der Waals surface area contributed by atoms with E-state index in [1.165, 1.54) is 4.90 Å². The van der Waals surface area contributed by atoms with E-state index in [0.29, 0.717) is 55.8 Å². The molecule has 2 amide bonds. The van der Waals surface area contributed by atoms with Crippen LogP contribution in [0.4, 0.5) is 0 Å². The summed E-state index contributed by atoms with van der Waals surface area (Å²) in [4.78, 5) is 40.0. The van der Waals surface area contributed by atoms with Gasteiger partial charge >= 0.3 is 13.1 Å². The van der Waals surface area contributed by atoms with Crippen molar-refractivity contribution in [3.63, 3.8) is 0 Å². The third kappa shape index (κ3) is 8.07. The molecule has 0 unspecified atom stereocenters. The summed E-state index contributed by atoms with van der Waals surface area (Å²) in [5.41, 5.74) is 3.83. The summed E-state index contributed by atoms with van der Waals surface area (Å²) < 4.78 is 18.3. The van der Waals surface area contributed by atoms with Crippen LogP contribution in [-0.2, 0) is 25.6 Å². The number of fused-ring (bicyclic) bond motifs is 3. The molecule has 2 aromatic carbocycles. The molecule has 2 fully saturated rings. The molecule has 10 nitrogen and oxygen atoms in total. The molecular weight excluding hydrogens is 625 g/mol. The van der Waals surface area contributed by atoms with Crippen molar-refractivity contribution in [2.45, 2.75) is 64.0 Å². The maximum absolute atomic E-state index is 14.0. The molecule has 0 bridgehead atoms. The number of hydrogen-bond acceptors (Lipinski definition) is 8. The number of carbonyl (C=O) groups excluding carboxylic acids is 2. The molecule has 11 heteroatoms. The lowest BCUT2D eigenvalue weighted by Gasteiger charge is -2.43. The highest BCUT2D eigenvalue weighted by molar-refractivity contribution is 6.43. The van der Waals surface area contributed by atoms with Crippen molar-refractivity contribution in [3.05, 3.63) is 101 Å². The molecule has 2 saturated heterocycles. The number of aliphatic carboxylic acids is 1. The van der Waals surface area contributed by atoms with Crippen LogP contribution in [0.3, 0.4) is 0 Å². The number of hydrogen-bond donors (Lipinski definition) is 3. The number of aliphatic hydroxyl groups excluding tert-OH is 1. The van der Waals surface area contributed by atoms with Gasteiger partial charge in [-0.3, -0.25) is 19.3 Å². The molecule has 4 atom stereocenters. The Labute approximate surface area is 286 Å². The normalized spacial score (nSPS) is 22.4. The SMILES string of the molecule is O=C(O)CCCCCN1C(=O)[C@@H]2[C@@H](CC(COc3ccccc3)=C3[C@@H](CC/C(=C/c4ccc(CO)o4)c4ccccc4)OB(O)C[C@@H]32)C1=O. The van der Waals surface area contributed by atoms with E-state index in [0.717, 1.165) is 22.3 Å². The van der Waals surface area contributed by atoms with Crippen molar-refractivity contribution < 1.29 is 43.4 Å². The predicted octanol–water partition coefficient (Wildman–Crippen LogP) is 5.61. The standard InChI is InChI=1S/C38H42BNO9/c41-23-30-17-16-29(48-30)20-26(25-10-4-1-5-11-25)15-18-33-35-27(24-47-28-12-6-2-7-13-28)21-31-36(32(35)22-39(46)49-33)38(45)40(37(31)44)19-9-3-8-14-34(42)43/h1-2,4-7,10-13,16-17,20,31-33,36,41,46H,3,8-9,14-15,18-19,21-24H2,(H,42,43)/b26-20-/t31-,32+,33-,36-/m1/s1. The zero-order valence-corrected chi connectivity index (χ0v) is 27.4. The number of aliphatic hydroxyl groups is 1. The predicted molar refractivity (Wildman–Crippen MR) is 183 cm³/mol. The van der Waals surface area contributed by atoms with Crippen molar-refractivity contribution in [2.75, 3.05) is 13.2 Å². The summed E-state index contributed by atoms with van der Waals surface area (Å²) in [5, 5.41) is 29.5. The number of carboxylic acids is 1. The number of rotatable bonds is 15. The Morgan fingerprint density at radius 2 is 1.69 bits per heavy atom. The quantitative estimate of drug-likeness (QED) is 0.0814. The molecule has 49 heavy (non-hydrogen) atoms. The van der Waals surface area contributed by atoms with Crippen LogP contribution in [0.1, 0.15) is 62.0 Å². The van der Waals surface area contributed by atoms with Gasteiger partial charge in [0.1, 0.15) is 30.5 Å². The number of benzene rings is 2. The molecule has 2 aliphatic heterocycles. The molecule has 256 valence electrons. The molecule has 3 aromatic rings. The molecule has 3 N–H and O–H groups in total. The first kappa shape index (κ1) is 34.4. The first-order chi connectivity index (χ1) is 23.8. The number of furan rings is 1. The van der Waals surface area contributed by atoms with Gasteiger partial charge in [0.05, 0.1) is 17.9 Å². The van der Waals surface area contributed by atoms with E-state index < -0.39 is 36.9 Å². The van der Waals surface area contributed by atoms with Crippen LogP contribution in [0, 0.1) is 17.8 Å². The first-order valence-corrected chi connectivity index (χ1v) is 17.1. The summed E-state index contributed by atoms with van der Waals surface area (Å²) in [6, 6.07) is 22.9. The van der Waals surface area contributed by atoms with Crippen molar-refractivity contribution >= 4 is 36.6 Å². The minimum Gasteiger partial charge on any atom is -0.489 e. The van der Waals surface area contributed by atoms with Gasteiger partial charge in [0, 0.05) is 13.0 Å². The highest BCUT2D eigenvalue weighted by Crippen LogP contribution is 2.51. The Kier molecular flexibility index (Phi) is 11.1. The third-order valence-corrected chi connectivity index (χ3v) is 9.80. The number of carboxylic acid groups (broad SMARTS) is 1. The smallest absolute Gasteiger partial charge is 0.455 e. The summed E-state index contributed by atoms with van der Waals surface area (Å²) in [6.45, 7) is 0.279. The first-order valence-electron chi connectivity index (χ1n) is 17.1. The van der Waals surface area contributed by atoms with Crippen molar-refractivity contribution in [1.29, 1.82) is 0 Å². The van der Waals surface area contributed by atoms with Gasteiger partial charge in [-0.1, -0.05) is 55.0 Å². The fourth-order valence-corrected chi connectivity index (χ4v) is 7.56. The van der Waals surface area contributed by atoms with Gasteiger partial charge in [0.2, 0.25) is 11.8 Å². The number of likely N-dealkylation sites (tertiary alicyclic amines) is 1. The van der Waals surface area contributed by atoms with Crippen LogP contribution in [0.5, 0.6) is 5.75 Å². The lowest BCUT2D eigenvalue weighted by molar-refractivity contribution is -0.141. The van der Waals surface area contributed by atoms with Gasteiger partial charge in [-0.05, 0) is 97.0 Å². The lowest BCUT2D eigenvalue weighted by atomic mass is 9.58. The molecule has 3 aliphatic rings. The fourth-order valence-electron chi connectivity index (χ4n) is 7.56. The summed E-state index contributed by atoms with van der Waals surface area (Å²) >= 11 is 0. The number of nitrogens with zero attached hydrogens (tertiary/aromatic N) is 1. The third-order valence-electron chi connectivity index (χ3n) is 9.80. The van der Waals surface area contributed by atoms with Gasteiger partial charge in [-0.25, -0.2) is 0 Å². The topological polar surface area (TPSA) is 147 Å². The molecule has 0 saturated carbocycles. The number of unbranched alkanes of at least 4 members (excludes halogenated alkanes) is 2. The average Bonchev–Trinajstić information content (AvgIpc) is 3.66. The molecule has 1 aromatic heterocycles. The molecule has 3 heterocycles. The number of ether oxygens (including phenoxy) is 1. The molecular formula is C38H42BNO9. The minimum atomic E-state index is -1.11. The second kappa shape index (κ2) is 15.8. The summed E-state index contributed by atoms with van der Waals surface area (Å²) in [5.74, 6) is -1.08. The van der Waals surface area contributed by atoms with Crippen LogP contribution in [0.2, 0.25) is 6.32 Å². The Hall–Kier alpha value is -4.45. The molecule has 0 spiro atoms. The van der Waals surface area contributed by atoms with Crippen LogP contribution < -0.4 is 4.74 Å². The minimum absolute atomic E-state index is 0.0545. The maximum Gasteiger partial charge on any atom is 0.455 e. The zero-order chi connectivity index (χ0) is 34.3. The van der Waals surface area contributed by atoms with E-state index in [4.69, 9.17) is 18.9 Å². The molecule has 1 aliphatic carbocycles. The highest BCUT2D eigenvalue weighted by Gasteiger charge is 2.57. The van der Waals surface area contributed by atoms with Crippen LogP contribution in [0.25, 0.3) is 11.6 Å². The highest BCUT2D eigenvalue weighted by atomic mass is 16.5. The van der Waals surface area contributed by atoms with E-state index in [1.807, 2.05) is 72.8 Å². The van der Waals surface area contributed by atoms with E-state index >= 15 is 0 Å². The number of carbonyl (C=O) groups is 3. The second-order valence-electron chi connectivity index (χ2n) is 13.0. The monoisotopic (exact) mass is 667 g/mol. The summed E-state index contributed by atoms with van der Waals surface area (Å²) in [6.07, 6.45) is 4.73. The molecule has 6 rings (SSSR count). The Bertz CT molecular complexity index is 1690. The Morgan fingerprint density at radius 1 is 0.939 bits per heavy atom. The molecule has 0 radical (unpaired) electrons. The zero-order valence-electron chi connectivity index (χ0n) is 27.4. The Balaban J connectivity index is 1.28. The second-order valence-corrected chi connectivity index (χ2v) is 13.0. The fraction of sp³-hybridized carbons (Fsp3) is 0.395. The van der Waals surface area contributed by atoms with Gasteiger partial charge in [-0.2, -0.15) is 0 Å². The van der Waals surface area contributed by atoms with E-state index in [1.54, 1.807) is 6.07 Å². The van der Waals surface area contributed by atoms with Crippen molar-refractivity contribution in [1.82, 2.24) is 4.90 Å². The maximum atomic E-state index is 14.0. The van der Waals surface area contributed by atoms with Gasteiger partial charge in [0.15, 0.2) is 0 Å². The van der Waals surface area contributed by atoms with Crippen LogP contribution >= 0.6 is 0 Å². The number of amides is 2. The number of imide groups is 1. The van der Waals surface area contributed by atoms with Gasteiger partial charge in [-0.15, -0.1) is 0 Å². The Morgan fingerprint density at radius 3 is 2.41 bits per heavy atom. The van der Waals surface area contributed by atoms with Crippen LogP contribution in [-0.4, -0.2) is 64.3 Å². The van der Waals surface area contributed by atoms with Gasteiger partial charge in [0.25, 0.3) is 0 Å². The van der Waals surface area contributed by atoms with Gasteiger partial charge < -0.3 is 29.0 Å². The number of allylic oxidation sites excluding steroid dienone is 1. The lowest BCUT2D eigenvalue weighted by Crippen LogP contribution is -2.46. The van der Waals surface area contributed by atoms with E-state index in [9.17, 15) is 24.5 Å². The largest absolute Gasteiger partial charge is 0.489 e. The van der Waals surface area contributed by atoms with Crippen molar-refractivity contribution in [3.8, 4) is 5.75 Å². The van der Waals surface area contributed by atoms with E-state index in [-0.39, 0.29) is 44.3 Å². The average molecular weight is 668 g/mol. The number of para-hydroxylation sites is 1. The summed E-state index contributed by atoms with van der Waals surface area (Å²) in [7, 11) is -1.11. The van der Waals surface area contributed by atoms with Crippen LogP contribution in [0.15, 0.2) is 88.4 Å². The van der Waals surface area contributed by atoms with E-state index in [2.05, 4.69) is 0 Å².